The molecule has 0 fully saturated rings. The van der Waals surface area contributed by atoms with Crippen LogP contribution in [0.25, 0.3) is 0 Å². The molecule has 2 aromatic carbocycles. The van der Waals surface area contributed by atoms with Gasteiger partial charge in [-0.05, 0) is 30.5 Å². The quantitative estimate of drug-likeness (QED) is 0.433. The maximum atomic E-state index is 14.5. The van der Waals surface area contributed by atoms with Crippen molar-refractivity contribution in [2.24, 2.45) is 0 Å². The van der Waals surface area contributed by atoms with Crippen molar-refractivity contribution in [1.82, 2.24) is 10.3 Å². The van der Waals surface area contributed by atoms with Crippen LogP contribution >= 0.6 is 23.1 Å². The van der Waals surface area contributed by atoms with Crippen molar-refractivity contribution in [3.63, 3.8) is 0 Å². The van der Waals surface area contributed by atoms with E-state index >= 15 is 0 Å². The van der Waals surface area contributed by atoms with E-state index in [1.807, 2.05) is 0 Å². The molecular weight excluding hydrogens is 469 g/mol. The monoisotopic (exact) mass is 491 g/mol. The molecule has 11 heteroatoms. The molecule has 33 heavy (non-hydrogen) atoms. The highest BCUT2D eigenvalue weighted by molar-refractivity contribution is 8.00. The molecule has 3 rings (SSSR count). The minimum absolute atomic E-state index is 0.0356. The van der Waals surface area contributed by atoms with E-state index in [2.05, 4.69) is 15.6 Å². The van der Waals surface area contributed by atoms with Crippen LogP contribution in [0.1, 0.15) is 26.4 Å². The Morgan fingerprint density at radius 1 is 1.06 bits per heavy atom. The Balaban J connectivity index is 1.80. The van der Waals surface area contributed by atoms with Gasteiger partial charge in [0.15, 0.2) is 21.6 Å². The zero-order valence-electron chi connectivity index (χ0n) is 18.4. The van der Waals surface area contributed by atoms with Gasteiger partial charge >= 0.3 is 0 Å². The first-order valence-corrected chi connectivity index (χ1v) is 11.6. The van der Waals surface area contributed by atoms with Crippen LogP contribution in [-0.4, -0.2) is 44.4 Å². The van der Waals surface area contributed by atoms with Crippen LogP contribution in [0.2, 0.25) is 0 Å². The standard InChI is InChI=1S/C22H22FN3O5S2/c1-29-13-9-8-12(16(10-13)31-3)11-24-20(28)18-21(33-22(25-18)32-4)26-19(27)14-6-5-7-15(30-2)17(14)23/h5-10H,11H2,1-4H3,(H,24,28)(H,26,27). The number of ether oxygens (including phenoxy) is 3. The van der Waals surface area contributed by atoms with Crippen molar-refractivity contribution in [3.8, 4) is 17.2 Å². The molecule has 0 radical (unpaired) electrons. The zero-order valence-corrected chi connectivity index (χ0v) is 20.0. The van der Waals surface area contributed by atoms with E-state index in [1.165, 1.54) is 44.2 Å². The van der Waals surface area contributed by atoms with E-state index in [9.17, 15) is 14.0 Å². The molecule has 174 valence electrons. The normalized spacial score (nSPS) is 10.5. The number of benzene rings is 2. The van der Waals surface area contributed by atoms with Crippen molar-refractivity contribution in [3.05, 3.63) is 59.0 Å². The van der Waals surface area contributed by atoms with Crippen molar-refractivity contribution >= 4 is 39.9 Å². The molecule has 8 nitrogen and oxygen atoms in total. The fraction of sp³-hybridized carbons (Fsp3) is 0.227. The van der Waals surface area contributed by atoms with E-state index in [4.69, 9.17) is 14.2 Å². The predicted molar refractivity (Wildman–Crippen MR) is 126 cm³/mol. The highest BCUT2D eigenvalue weighted by atomic mass is 32.2. The summed E-state index contributed by atoms with van der Waals surface area (Å²) in [5.74, 6) is -0.868. The van der Waals surface area contributed by atoms with Crippen LogP contribution in [0, 0.1) is 5.82 Å². The number of nitrogens with one attached hydrogen (secondary N) is 2. The lowest BCUT2D eigenvalue weighted by molar-refractivity contribution is 0.0947. The Labute approximate surface area is 198 Å². The third-order valence-electron chi connectivity index (χ3n) is 4.59. The molecule has 0 saturated carbocycles. The second-order valence-electron chi connectivity index (χ2n) is 6.50. The van der Waals surface area contributed by atoms with Crippen molar-refractivity contribution in [2.45, 2.75) is 10.9 Å². The average molecular weight is 492 g/mol. The van der Waals surface area contributed by atoms with Crippen LogP contribution in [0.3, 0.4) is 0 Å². The SMILES string of the molecule is COc1ccc(CNC(=O)c2nc(SC)sc2NC(=O)c2cccc(OC)c2F)c(OC)c1. The average Bonchev–Trinajstić information content (AvgIpc) is 3.25. The summed E-state index contributed by atoms with van der Waals surface area (Å²) in [7, 11) is 4.39. The number of nitrogens with zero attached hydrogens (tertiary/aromatic N) is 1. The summed E-state index contributed by atoms with van der Waals surface area (Å²) in [6, 6.07) is 9.50. The highest BCUT2D eigenvalue weighted by Gasteiger charge is 2.23. The Kier molecular flexibility index (Phi) is 8.12. The van der Waals surface area contributed by atoms with Crippen LogP contribution in [0.4, 0.5) is 9.39 Å². The summed E-state index contributed by atoms with van der Waals surface area (Å²) in [4.78, 5) is 29.9. The van der Waals surface area contributed by atoms with Crippen LogP contribution < -0.4 is 24.8 Å². The molecule has 1 aromatic heterocycles. The highest BCUT2D eigenvalue weighted by Crippen LogP contribution is 2.32. The van der Waals surface area contributed by atoms with Gasteiger partial charge in [0, 0.05) is 18.2 Å². The maximum Gasteiger partial charge on any atom is 0.273 e. The minimum atomic E-state index is -0.787. The largest absolute Gasteiger partial charge is 0.497 e. The topological polar surface area (TPSA) is 98.8 Å². The molecule has 0 aliphatic heterocycles. The summed E-state index contributed by atoms with van der Waals surface area (Å²) >= 11 is 2.45. The number of rotatable bonds is 9. The van der Waals surface area contributed by atoms with E-state index in [1.54, 1.807) is 31.6 Å². The Hall–Kier alpha value is -3.31. The van der Waals surface area contributed by atoms with E-state index in [0.717, 1.165) is 16.9 Å². The van der Waals surface area contributed by atoms with Gasteiger partial charge in [0.05, 0.1) is 26.9 Å². The fourth-order valence-electron chi connectivity index (χ4n) is 2.90. The third-order valence-corrected chi connectivity index (χ3v) is 6.54. The van der Waals surface area contributed by atoms with Gasteiger partial charge < -0.3 is 24.8 Å². The summed E-state index contributed by atoms with van der Waals surface area (Å²) in [5, 5.41) is 5.59. The number of anilines is 1. The second-order valence-corrected chi connectivity index (χ2v) is 8.55. The van der Waals surface area contributed by atoms with Crippen LogP contribution in [0.5, 0.6) is 17.2 Å². The molecule has 1 heterocycles. The van der Waals surface area contributed by atoms with Crippen LogP contribution in [-0.2, 0) is 6.54 Å². The van der Waals surface area contributed by atoms with Crippen molar-refractivity contribution < 1.29 is 28.2 Å². The summed E-state index contributed by atoms with van der Waals surface area (Å²) in [6.07, 6.45) is 1.80. The lowest BCUT2D eigenvalue weighted by Gasteiger charge is -2.11. The molecule has 0 spiro atoms. The zero-order chi connectivity index (χ0) is 24.0. The first kappa shape index (κ1) is 24.3. The Morgan fingerprint density at radius 2 is 1.82 bits per heavy atom. The van der Waals surface area contributed by atoms with Gasteiger partial charge in [-0.15, -0.1) is 0 Å². The maximum absolute atomic E-state index is 14.5. The van der Waals surface area contributed by atoms with Crippen molar-refractivity contribution in [1.29, 1.82) is 0 Å². The van der Waals surface area contributed by atoms with Gasteiger partial charge in [-0.3, -0.25) is 9.59 Å². The smallest absolute Gasteiger partial charge is 0.273 e. The first-order chi connectivity index (χ1) is 15.9. The molecule has 0 bridgehead atoms. The number of aromatic nitrogens is 1. The third kappa shape index (κ3) is 5.55. The molecule has 0 atom stereocenters. The van der Waals surface area contributed by atoms with Gasteiger partial charge in [0.25, 0.3) is 11.8 Å². The predicted octanol–water partition coefficient (Wildman–Crippen LogP) is 4.21. The van der Waals surface area contributed by atoms with Gasteiger partial charge in [-0.1, -0.05) is 29.2 Å². The van der Waals surface area contributed by atoms with Gasteiger partial charge in [0.1, 0.15) is 16.5 Å². The number of carbonyl (C=O) groups is 2. The number of hydrogen-bond acceptors (Lipinski definition) is 8. The molecule has 3 aromatic rings. The first-order valence-electron chi connectivity index (χ1n) is 9.59. The van der Waals surface area contributed by atoms with Gasteiger partial charge in [0.2, 0.25) is 0 Å². The number of carbonyl (C=O) groups excluding carboxylic acids is 2. The summed E-state index contributed by atoms with van der Waals surface area (Å²) in [5.41, 5.74) is 0.562. The number of thioether (sulfide) groups is 1. The Morgan fingerprint density at radius 3 is 2.48 bits per heavy atom. The van der Waals surface area contributed by atoms with E-state index < -0.39 is 17.6 Å². The number of halogens is 1. The van der Waals surface area contributed by atoms with E-state index in [0.29, 0.717) is 15.8 Å². The molecule has 0 aliphatic carbocycles. The van der Waals surface area contributed by atoms with Gasteiger partial charge in [-0.2, -0.15) is 0 Å². The number of hydrogen-bond donors (Lipinski definition) is 2. The fourth-order valence-corrected chi connectivity index (χ4v) is 4.35. The Bertz CT molecular complexity index is 1170. The minimum Gasteiger partial charge on any atom is -0.497 e. The molecule has 0 saturated heterocycles. The lowest BCUT2D eigenvalue weighted by Crippen LogP contribution is -2.25. The molecule has 0 unspecified atom stereocenters. The summed E-state index contributed by atoms with van der Waals surface area (Å²) in [6.45, 7) is 0.163. The van der Waals surface area contributed by atoms with Crippen LogP contribution in [0.15, 0.2) is 40.7 Å². The van der Waals surface area contributed by atoms with E-state index in [-0.39, 0.29) is 28.6 Å². The second kappa shape index (κ2) is 11.0. The molecular formula is C22H22FN3O5S2. The molecule has 2 N–H and O–H groups in total. The van der Waals surface area contributed by atoms with Crippen molar-refractivity contribution in [2.75, 3.05) is 32.9 Å². The lowest BCUT2D eigenvalue weighted by atomic mass is 10.2. The molecule has 2 amide bonds. The number of thiazole rings is 1. The molecule has 0 aliphatic rings. The summed E-state index contributed by atoms with van der Waals surface area (Å²) < 4.78 is 30.5. The number of methoxy groups -OCH3 is 3. The van der Waals surface area contributed by atoms with Gasteiger partial charge in [-0.25, -0.2) is 9.37 Å². The number of amides is 2.